The zero-order valence-corrected chi connectivity index (χ0v) is 26.1. The van der Waals surface area contributed by atoms with Gasteiger partial charge < -0.3 is 9.13 Å². The van der Waals surface area contributed by atoms with Crippen LogP contribution in [0.2, 0.25) is 0 Å². The van der Waals surface area contributed by atoms with Crippen molar-refractivity contribution in [2.75, 3.05) is 0 Å². The van der Waals surface area contributed by atoms with Crippen LogP contribution in [0.25, 0.3) is 61.2 Å². The summed E-state index contributed by atoms with van der Waals surface area (Å²) < 4.78 is 4.68. The van der Waals surface area contributed by atoms with E-state index in [0.29, 0.717) is 11.1 Å². The predicted octanol–water partition coefficient (Wildman–Crippen LogP) is 10.3. The zero-order chi connectivity index (χ0) is 32.2. The Bertz CT molecular complexity index is 2570. The van der Waals surface area contributed by atoms with Crippen LogP contribution in [0, 0.1) is 34.8 Å². The third-order valence-electron chi connectivity index (χ3n) is 9.87. The van der Waals surface area contributed by atoms with E-state index in [1.165, 1.54) is 22.2 Å². The van der Waals surface area contributed by atoms with Gasteiger partial charge in [0.2, 0.25) is 0 Å². The Morgan fingerprint density at radius 1 is 0.750 bits per heavy atom. The van der Waals surface area contributed by atoms with Crippen LogP contribution in [0.5, 0.6) is 0 Å². The molecule has 0 aliphatic heterocycles. The molecule has 9 rings (SSSR count). The van der Waals surface area contributed by atoms with Crippen molar-refractivity contribution in [3.05, 3.63) is 161 Å². The Kier molecular flexibility index (Phi) is 6.39. The molecule has 0 N–H and O–H groups in total. The van der Waals surface area contributed by atoms with Gasteiger partial charge >= 0.3 is 0 Å². The lowest BCUT2D eigenvalue weighted by molar-refractivity contribution is 0.622. The molecule has 2 aromatic heterocycles. The molecular weight excluding hydrogens is 585 g/mol. The fourth-order valence-electron chi connectivity index (χ4n) is 7.75. The molecule has 7 aromatic rings. The molecule has 0 saturated carbocycles. The first-order valence-electron chi connectivity index (χ1n) is 16.3. The first-order valence-corrected chi connectivity index (χ1v) is 16.3. The van der Waals surface area contributed by atoms with Gasteiger partial charge in [-0.05, 0) is 72.9 Å². The molecule has 2 aliphatic carbocycles. The Hall–Kier alpha value is -6.54. The highest BCUT2D eigenvalue weighted by Crippen LogP contribution is 2.40. The predicted molar refractivity (Wildman–Crippen MR) is 193 cm³/mol. The molecule has 0 spiro atoms. The zero-order valence-electron chi connectivity index (χ0n) is 26.1. The summed E-state index contributed by atoms with van der Waals surface area (Å²) in [6.45, 7) is 0. The molecule has 4 nitrogen and oxygen atoms in total. The minimum atomic E-state index is 0.170. The molecule has 5 aromatic carbocycles. The van der Waals surface area contributed by atoms with E-state index in [1.54, 1.807) is 0 Å². The summed E-state index contributed by atoms with van der Waals surface area (Å²) >= 11 is 0. The van der Waals surface area contributed by atoms with E-state index in [0.717, 1.165) is 69.0 Å². The maximum atomic E-state index is 10.7. The van der Waals surface area contributed by atoms with Crippen molar-refractivity contribution in [2.45, 2.75) is 25.3 Å². The minimum Gasteiger partial charge on any atom is -0.333 e. The second kappa shape index (κ2) is 11.1. The average molecular weight is 613 g/mol. The maximum Gasteiger partial charge on any atom is 0.101 e. The lowest BCUT2D eigenvalue weighted by Crippen LogP contribution is -2.11. The molecule has 4 heteroatoms. The van der Waals surface area contributed by atoms with Gasteiger partial charge in [0.1, 0.15) is 6.07 Å². The van der Waals surface area contributed by atoms with Gasteiger partial charge in [-0.25, -0.2) is 0 Å². The number of hydrogen-bond acceptors (Lipinski definition) is 2. The van der Waals surface area contributed by atoms with Crippen LogP contribution in [0.3, 0.4) is 0 Å². The number of nitriles is 2. The summed E-state index contributed by atoms with van der Waals surface area (Å²) in [6.07, 6.45) is 14.1. The van der Waals surface area contributed by atoms with Crippen LogP contribution < -0.4 is 0 Å². The number of aromatic nitrogens is 2. The molecule has 2 aliphatic rings. The lowest BCUT2D eigenvalue weighted by Gasteiger charge is -2.22. The molecule has 1 atom stereocenters. The Labute approximate surface area is 279 Å². The van der Waals surface area contributed by atoms with Crippen LogP contribution in [0.1, 0.15) is 46.8 Å². The molecule has 1 unspecified atom stereocenters. The molecule has 48 heavy (non-hydrogen) atoms. The van der Waals surface area contributed by atoms with Crippen LogP contribution >= 0.6 is 0 Å². The highest BCUT2D eigenvalue weighted by atomic mass is 15.0. The Morgan fingerprint density at radius 3 is 2.19 bits per heavy atom. The topological polar surface area (TPSA) is 57.4 Å². The van der Waals surface area contributed by atoms with Gasteiger partial charge in [0.15, 0.2) is 0 Å². The van der Waals surface area contributed by atoms with Crippen LogP contribution in [-0.4, -0.2) is 9.13 Å². The molecule has 0 bridgehead atoms. The van der Waals surface area contributed by atoms with Crippen molar-refractivity contribution in [1.29, 1.82) is 10.5 Å². The number of rotatable bonds is 4. The van der Waals surface area contributed by atoms with Gasteiger partial charge in [0.25, 0.3) is 0 Å². The molecule has 224 valence electrons. The van der Waals surface area contributed by atoms with E-state index in [9.17, 15) is 10.5 Å². The van der Waals surface area contributed by atoms with E-state index < -0.39 is 0 Å². The first kappa shape index (κ1) is 27.7. The first-order chi connectivity index (χ1) is 23.7. The molecule has 2 heterocycles. The monoisotopic (exact) mass is 612 g/mol. The number of aryl methyl sites for hydroxylation is 1. The Morgan fingerprint density at radius 2 is 1.48 bits per heavy atom. The largest absolute Gasteiger partial charge is 0.333 e. The van der Waals surface area contributed by atoms with E-state index in [4.69, 9.17) is 0 Å². The van der Waals surface area contributed by atoms with Gasteiger partial charge in [-0.15, -0.1) is 0 Å². The summed E-state index contributed by atoms with van der Waals surface area (Å²) in [6, 6.07) is 44.5. The normalized spacial score (nSPS) is 15.2. The summed E-state index contributed by atoms with van der Waals surface area (Å²) in [5.74, 6) is 0. The third-order valence-corrected chi connectivity index (χ3v) is 9.87. The van der Waals surface area contributed by atoms with Gasteiger partial charge in [-0.2, -0.15) is 10.5 Å². The van der Waals surface area contributed by atoms with Crippen molar-refractivity contribution in [2.24, 2.45) is 0 Å². The smallest absolute Gasteiger partial charge is 0.101 e. The molecule has 0 saturated heterocycles. The van der Waals surface area contributed by atoms with E-state index in [1.807, 2.05) is 48.5 Å². The van der Waals surface area contributed by atoms with Crippen molar-refractivity contribution in [3.8, 4) is 29.0 Å². The fraction of sp³-hybridized carbons (Fsp3) is 0.0909. The number of nitrogens with zero attached hydrogens (tertiary/aromatic N) is 4. The minimum absolute atomic E-state index is 0.170. The molecule has 0 fully saturated rings. The van der Waals surface area contributed by atoms with E-state index in [2.05, 4.69) is 112 Å². The highest BCUT2D eigenvalue weighted by molar-refractivity contribution is 6.10. The SMILES string of the molecule is N#Cc1ccc(-c2cc#cc(C3=CCC(n4c5c(c6ccccc64)CCC=C5)C=C3)c2C#N)c(-n2c3ccccc3c3ccccc32)c1. The van der Waals surface area contributed by atoms with Gasteiger partial charge in [0.05, 0.1) is 45.5 Å². The second-order valence-corrected chi connectivity index (χ2v) is 12.4. The van der Waals surface area contributed by atoms with Crippen molar-refractivity contribution in [1.82, 2.24) is 9.13 Å². The lowest BCUT2D eigenvalue weighted by atomic mass is 9.90. The van der Waals surface area contributed by atoms with E-state index in [-0.39, 0.29) is 6.04 Å². The number of hydrogen-bond donors (Lipinski definition) is 0. The third kappa shape index (κ3) is 4.16. The van der Waals surface area contributed by atoms with Crippen LogP contribution in [0.15, 0.2) is 121 Å². The average Bonchev–Trinajstić information content (AvgIpc) is 3.67. The summed E-state index contributed by atoms with van der Waals surface area (Å²) in [4.78, 5) is 0. The Balaban J connectivity index is 1.17. The number of allylic oxidation sites excluding steroid dienone is 5. The standard InChI is InChI=1S/C44H28N4/c45-27-29-20-25-38(44(26-29)48-42-18-7-3-12-36(42)37-13-4-8-19-43(37)48)33-15-9-14-32(39(33)28-46)30-21-23-31(24-22-30)47-40-16-5-1-10-34(40)35-11-2-6-17-41(35)47/h1,3-8,10,12-13,15-23,25-26,31H,2,11,24H2. The summed E-state index contributed by atoms with van der Waals surface area (Å²) in [5.41, 5.74) is 11.3. The molecule has 0 radical (unpaired) electrons. The quantitative estimate of drug-likeness (QED) is 0.199. The number of benzene rings is 4. The fourth-order valence-corrected chi connectivity index (χ4v) is 7.75. The van der Waals surface area contributed by atoms with Gasteiger partial charge in [0, 0.05) is 38.5 Å². The molecule has 0 amide bonds. The van der Waals surface area contributed by atoms with Crippen molar-refractivity contribution < 1.29 is 0 Å². The van der Waals surface area contributed by atoms with Crippen LogP contribution in [0.4, 0.5) is 0 Å². The number of fused-ring (bicyclic) bond motifs is 6. The van der Waals surface area contributed by atoms with Crippen LogP contribution in [-0.2, 0) is 6.42 Å². The van der Waals surface area contributed by atoms with Gasteiger partial charge in [-0.1, -0.05) is 97.1 Å². The van der Waals surface area contributed by atoms with Crippen molar-refractivity contribution >= 4 is 44.4 Å². The van der Waals surface area contributed by atoms with E-state index >= 15 is 0 Å². The number of para-hydroxylation sites is 3. The molecular formula is C44H28N4. The maximum absolute atomic E-state index is 10.7. The highest BCUT2D eigenvalue weighted by Gasteiger charge is 2.24. The summed E-state index contributed by atoms with van der Waals surface area (Å²) in [7, 11) is 0. The second-order valence-electron chi connectivity index (χ2n) is 12.4. The van der Waals surface area contributed by atoms with Gasteiger partial charge in [-0.3, -0.25) is 0 Å². The summed E-state index contributed by atoms with van der Waals surface area (Å²) in [5, 5.41) is 24.2. The van der Waals surface area contributed by atoms with Crippen molar-refractivity contribution in [3.63, 3.8) is 0 Å².